The summed E-state index contributed by atoms with van der Waals surface area (Å²) in [5.41, 5.74) is 4.97. The summed E-state index contributed by atoms with van der Waals surface area (Å²) in [5, 5.41) is 9.07. The van der Waals surface area contributed by atoms with Gasteiger partial charge in [-0.05, 0) is 12.8 Å². The Balaban J connectivity index is 2.37. The van der Waals surface area contributed by atoms with Crippen LogP contribution in [0.2, 0.25) is 0 Å². The normalized spacial score (nSPS) is 11.7. The largest absolute Gasteiger partial charge is 0.276 e. The van der Waals surface area contributed by atoms with Gasteiger partial charge in [-0.15, -0.1) is 11.6 Å². The average Bonchev–Trinajstić information content (AvgIpc) is 3.11. The molecule has 0 fully saturated rings. The second-order valence-corrected chi connectivity index (χ2v) is 5.35. The summed E-state index contributed by atoms with van der Waals surface area (Å²) >= 11 is 6.12. The van der Waals surface area contributed by atoms with Crippen molar-refractivity contribution in [2.75, 3.05) is 0 Å². The molecule has 0 N–H and O–H groups in total. The Bertz CT molecular complexity index is 794. The van der Waals surface area contributed by atoms with E-state index in [1.807, 2.05) is 29.7 Å². The predicted octanol–water partition coefficient (Wildman–Crippen LogP) is 2.36. The highest BCUT2D eigenvalue weighted by molar-refractivity contribution is 6.17. The lowest BCUT2D eigenvalue weighted by molar-refractivity contribution is 0.743. The Morgan fingerprint density at radius 3 is 2.43 bits per heavy atom. The van der Waals surface area contributed by atoms with Crippen LogP contribution in [0.1, 0.15) is 31.1 Å². The molecule has 0 radical (unpaired) electrons. The molecular weight excluding hydrogens is 288 g/mol. The first kappa shape index (κ1) is 14.1. The topological polar surface area (TPSA) is 53.5 Å². The lowest BCUT2D eigenvalue weighted by Gasteiger charge is -2.07. The number of nitrogens with zero attached hydrogens (tertiary/aromatic N) is 6. The van der Waals surface area contributed by atoms with Crippen LogP contribution in [0.25, 0.3) is 16.9 Å². The first-order valence-electron chi connectivity index (χ1n) is 7.12. The summed E-state index contributed by atoms with van der Waals surface area (Å²) in [5.74, 6) is 1.19. The summed E-state index contributed by atoms with van der Waals surface area (Å²) in [6.07, 6.45) is 3.72. The van der Waals surface area contributed by atoms with E-state index in [1.165, 1.54) is 0 Å². The van der Waals surface area contributed by atoms with Crippen molar-refractivity contribution in [2.45, 2.75) is 32.6 Å². The molecule has 0 saturated carbocycles. The smallest absolute Gasteiger partial charge is 0.163 e. The van der Waals surface area contributed by atoms with Gasteiger partial charge < -0.3 is 0 Å². The van der Waals surface area contributed by atoms with Gasteiger partial charge in [-0.3, -0.25) is 9.25 Å². The third-order valence-corrected chi connectivity index (χ3v) is 3.93. The number of imidazole rings is 1. The minimum atomic E-state index is 0.357. The van der Waals surface area contributed by atoms with Gasteiger partial charge in [-0.2, -0.15) is 10.2 Å². The summed E-state index contributed by atoms with van der Waals surface area (Å²) in [7, 11) is 3.87. The van der Waals surface area contributed by atoms with E-state index in [4.69, 9.17) is 16.6 Å². The molecule has 0 spiro atoms. The molecule has 6 nitrogen and oxygen atoms in total. The highest BCUT2D eigenvalue weighted by Crippen LogP contribution is 2.26. The van der Waals surface area contributed by atoms with Gasteiger partial charge in [0.1, 0.15) is 11.3 Å². The minimum Gasteiger partial charge on any atom is -0.276 e. The van der Waals surface area contributed by atoms with E-state index in [9.17, 15) is 0 Å². The van der Waals surface area contributed by atoms with Gasteiger partial charge in [0, 0.05) is 20.3 Å². The first-order valence-corrected chi connectivity index (χ1v) is 7.66. The van der Waals surface area contributed by atoms with Gasteiger partial charge in [0.15, 0.2) is 5.65 Å². The molecule has 0 unspecified atom stereocenters. The lowest BCUT2D eigenvalue weighted by atomic mass is 10.3. The van der Waals surface area contributed by atoms with Gasteiger partial charge in [-0.1, -0.05) is 13.8 Å². The Labute approximate surface area is 128 Å². The SMILES string of the molecule is CCc1nn(C)cc1-n1c(CCl)nc2c(CC)nn(C)c21. The maximum absolute atomic E-state index is 6.12. The van der Waals surface area contributed by atoms with Crippen LogP contribution in [0.5, 0.6) is 0 Å². The van der Waals surface area contributed by atoms with Crippen molar-refractivity contribution in [2.24, 2.45) is 14.1 Å². The second-order valence-electron chi connectivity index (χ2n) is 5.08. The van der Waals surface area contributed by atoms with Crippen LogP contribution in [0.4, 0.5) is 0 Å². The standard InChI is InChI=1S/C14H19ClN6/c1-5-9-11(8-19(3)17-9)21-12(7-15)16-13-10(6-2)18-20(4)14(13)21/h8H,5-7H2,1-4H3. The Morgan fingerprint density at radius 1 is 1.10 bits per heavy atom. The zero-order valence-electron chi connectivity index (χ0n) is 12.8. The van der Waals surface area contributed by atoms with Crippen LogP contribution in [-0.2, 0) is 32.8 Å². The molecule has 7 heteroatoms. The number of alkyl halides is 1. The summed E-state index contributed by atoms with van der Waals surface area (Å²) in [6, 6.07) is 0. The van der Waals surface area contributed by atoms with Crippen molar-refractivity contribution in [3.05, 3.63) is 23.4 Å². The fourth-order valence-corrected chi connectivity index (χ4v) is 2.95. The molecule has 112 valence electrons. The quantitative estimate of drug-likeness (QED) is 0.695. The molecular formula is C14H19ClN6. The zero-order valence-corrected chi connectivity index (χ0v) is 13.5. The molecule has 0 bridgehead atoms. The molecule has 3 heterocycles. The van der Waals surface area contributed by atoms with Crippen LogP contribution < -0.4 is 0 Å². The summed E-state index contributed by atoms with van der Waals surface area (Å²) < 4.78 is 5.79. The van der Waals surface area contributed by atoms with Crippen molar-refractivity contribution in [3.63, 3.8) is 0 Å². The highest BCUT2D eigenvalue weighted by atomic mass is 35.5. The number of hydrogen-bond donors (Lipinski definition) is 0. The third-order valence-electron chi connectivity index (χ3n) is 3.69. The molecule has 3 aromatic rings. The molecule has 3 aromatic heterocycles. The predicted molar refractivity (Wildman–Crippen MR) is 82.9 cm³/mol. The number of aromatic nitrogens is 6. The second kappa shape index (κ2) is 5.18. The van der Waals surface area contributed by atoms with Gasteiger partial charge in [0.05, 0.1) is 23.0 Å². The number of halogens is 1. The number of aryl methyl sites for hydroxylation is 4. The van der Waals surface area contributed by atoms with Crippen LogP contribution >= 0.6 is 11.6 Å². The maximum Gasteiger partial charge on any atom is 0.163 e. The molecule has 0 amide bonds. The molecule has 0 aliphatic rings. The Kier molecular flexibility index (Phi) is 3.49. The minimum absolute atomic E-state index is 0.357. The monoisotopic (exact) mass is 306 g/mol. The highest BCUT2D eigenvalue weighted by Gasteiger charge is 2.21. The van der Waals surface area contributed by atoms with E-state index in [0.29, 0.717) is 5.88 Å². The summed E-state index contributed by atoms with van der Waals surface area (Å²) in [4.78, 5) is 4.69. The Hall–Kier alpha value is -1.82. The van der Waals surface area contributed by atoms with E-state index in [2.05, 4.69) is 28.6 Å². The third kappa shape index (κ3) is 2.05. The fraction of sp³-hybridized carbons (Fsp3) is 0.500. The fourth-order valence-electron chi connectivity index (χ4n) is 2.77. The van der Waals surface area contributed by atoms with Crippen molar-refractivity contribution in [3.8, 4) is 5.69 Å². The molecule has 0 atom stereocenters. The van der Waals surface area contributed by atoms with Gasteiger partial charge in [0.2, 0.25) is 0 Å². The molecule has 0 aromatic carbocycles. The van der Waals surface area contributed by atoms with E-state index in [1.54, 1.807) is 0 Å². The van der Waals surface area contributed by atoms with Crippen molar-refractivity contribution in [1.82, 2.24) is 29.1 Å². The van der Waals surface area contributed by atoms with E-state index >= 15 is 0 Å². The number of hydrogen-bond acceptors (Lipinski definition) is 3. The van der Waals surface area contributed by atoms with Gasteiger partial charge in [0.25, 0.3) is 0 Å². The van der Waals surface area contributed by atoms with Crippen LogP contribution in [0, 0.1) is 0 Å². The molecule has 0 saturated heterocycles. The molecule has 0 aliphatic carbocycles. The van der Waals surface area contributed by atoms with E-state index in [-0.39, 0.29) is 0 Å². The van der Waals surface area contributed by atoms with E-state index < -0.39 is 0 Å². The molecule has 21 heavy (non-hydrogen) atoms. The van der Waals surface area contributed by atoms with Crippen molar-refractivity contribution >= 4 is 22.8 Å². The van der Waals surface area contributed by atoms with Crippen LogP contribution in [0.3, 0.4) is 0 Å². The van der Waals surface area contributed by atoms with Gasteiger partial charge >= 0.3 is 0 Å². The maximum atomic E-state index is 6.12. The Morgan fingerprint density at radius 2 is 1.81 bits per heavy atom. The van der Waals surface area contributed by atoms with E-state index in [0.717, 1.165) is 46.9 Å². The lowest BCUT2D eigenvalue weighted by Crippen LogP contribution is -2.05. The first-order chi connectivity index (χ1) is 10.1. The summed E-state index contributed by atoms with van der Waals surface area (Å²) in [6.45, 7) is 4.18. The van der Waals surface area contributed by atoms with Crippen LogP contribution in [0.15, 0.2) is 6.20 Å². The average molecular weight is 307 g/mol. The zero-order chi connectivity index (χ0) is 15.1. The van der Waals surface area contributed by atoms with Crippen molar-refractivity contribution in [1.29, 1.82) is 0 Å². The number of rotatable bonds is 4. The number of fused-ring (bicyclic) bond motifs is 1. The van der Waals surface area contributed by atoms with Gasteiger partial charge in [-0.25, -0.2) is 9.67 Å². The molecule has 0 aliphatic heterocycles. The molecule has 3 rings (SSSR count). The van der Waals surface area contributed by atoms with Crippen LogP contribution in [-0.4, -0.2) is 29.1 Å². The van der Waals surface area contributed by atoms with Crippen molar-refractivity contribution < 1.29 is 0 Å².